The number of halogens is 2. The first-order chi connectivity index (χ1) is 18.2. The lowest BCUT2D eigenvalue weighted by Gasteiger charge is -2.46. The molecule has 2 unspecified atom stereocenters. The molecule has 3 aromatic rings. The fourth-order valence-corrected chi connectivity index (χ4v) is 5.68. The third kappa shape index (κ3) is 4.50. The van der Waals surface area contributed by atoms with Gasteiger partial charge in [-0.3, -0.25) is 9.59 Å². The number of rotatable bonds is 7. The predicted molar refractivity (Wildman–Crippen MR) is 137 cm³/mol. The molecule has 200 valence electrons. The number of likely N-dealkylation sites (tertiary alicyclic amines) is 1. The number of para-hydroxylation sites is 1. The maximum atomic E-state index is 15.5. The Kier molecular flexibility index (Phi) is 7.07. The Morgan fingerprint density at radius 1 is 1.13 bits per heavy atom. The maximum Gasteiger partial charge on any atom is 0.303 e. The fourth-order valence-electron chi connectivity index (χ4n) is 5.47. The summed E-state index contributed by atoms with van der Waals surface area (Å²) in [4.78, 5) is 26.2. The molecule has 1 saturated heterocycles. The number of amides is 1. The Hall–Kier alpha value is -3.56. The Bertz CT molecular complexity index is 1390. The van der Waals surface area contributed by atoms with Crippen LogP contribution in [0.1, 0.15) is 48.8 Å². The van der Waals surface area contributed by atoms with Gasteiger partial charge < -0.3 is 28.8 Å². The monoisotopic (exact) mass is 542 g/mol. The first kappa shape index (κ1) is 26.1. The van der Waals surface area contributed by atoms with Crippen LogP contribution in [0.5, 0.6) is 11.5 Å². The molecule has 0 aliphatic carbocycles. The number of hydrogen-bond acceptors (Lipinski definition) is 5. The highest BCUT2D eigenvalue weighted by Crippen LogP contribution is 2.47. The van der Waals surface area contributed by atoms with E-state index < -0.39 is 24.0 Å². The topological polar surface area (TPSA) is 90.2 Å². The number of carbonyl (C=O) groups is 2. The number of nitrogens with zero attached hydrogens (tertiary/aromatic N) is 2. The van der Waals surface area contributed by atoms with Crippen LogP contribution in [0, 0.1) is 11.7 Å². The second-order valence-electron chi connectivity index (χ2n) is 9.56. The highest BCUT2D eigenvalue weighted by atomic mass is 35.5. The number of carbonyl (C=O) groups excluding carboxylic acids is 1. The van der Waals surface area contributed by atoms with Crippen molar-refractivity contribution in [2.75, 3.05) is 20.8 Å². The van der Waals surface area contributed by atoms with Crippen LogP contribution in [0.2, 0.25) is 5.02 Å². The normalized spacial score (nSPS) is 22.1. The van der Waals surface area contributed by atoms with E-state index in [4.69, 9.17) is 30.9 Å². The molecule has 2 aromatic carbocycles. The van der Waals surface area contributed by atoms with Crippen LogP contribution < -0.4 is 9.47 Å². The molecule has 0 bridgehead atoms. The molecule has 8 nitrogen and oxygen atoms in total. The average molecular weight is 543 g/mol. The molecule has 0 spiro atoms. The van der Waals surface area contributed by atoms with Crippen LogP contribution >= 0.6 is 11.6 Å². The average Bonchev–Trinajstić information content (AvgIpc) is 3.32. The Balaban J connectivity index is 1.57. The van der Waals surface area contributed by atoms with Crippen LogP contribution in [0.25, 0.3) is 5.69 Å². The van der Waals surface area contributed by atoms with Gasteiger partial charge in [-0.2, -0.15) is 0 Å². The van der Waals surface area contributed by atoms with Crippen molar-refractivity contribution < 1.29 is 33.3 Å². The van der Waals surface area contributed by atoms with E-state index >= 15 is 4.39 Å². The number of ether oxygens (including phenoxy) is 3. The predicted octanol–water partition coefficient (Wildman–Crippen LogP) is 5.16. The van der Waals surface area contributed by atoms with Crippen molar-refractivity contribution in [3.05, 3.63) is 76.3 Å². The highest BCUT2D eigenvalue weighted by Gasteiger charge is 2.42. The molecule has 1 amide bonds. The van der Waals surface area contributed by atoms with Gasteiger partial charge in [0.15, 0.2) is 11.5 Å². The van der Waals surface area contributed by atoms with Gasteiger partial charge in [-0.05, 0) is 37.3 Å². The van der Waals surface area contributed by atoms with Gasteiger partial charge in [0.2, 0.25) is 5.91 Å². The third-order valence-corrected chi connectivity index (χ3v) is 7.65. The van der Waals surface area contributed by atoms with Crippen molar-refractivity contribution in [2.45, 2.75) is 38.0 Å². The molecule has 0 radical (unpaired) electrons. The molecule has 5 rings (SSSR count). The largest absolute Gasteiger partial charge is 0.493 e. The molecule has 10 heteroatoms. The number of fused-ring (bicyclic) bond motifs is 3. The number of carboxylic acid groups (broad SMARTS) is 1. The van der Waals surface area contributed by atoms with Crippen LogP contribution in [0.3, 0.4) is 0 Å². The number of methoxy groups -OCH3 is 2. The molecule has 4 atom stereocenters. The van der Waals surface area contributed by atoms with Gasteiger partial charge in [-0.25, -0.2) is 4.39 Å². The molecule has 38 heavy (non-hydrogen) atoms. The van der Waals surface area contributed by atoms with Gasteiger partial charge in [0.05, 0.1) is 38.4 Å². The summed E-state index contributed by atoms with van der Waals surface area (Å²) in [5, 5.41) is 9.34. The lowest BCUT2D eigenvalue weighted by Crippen LogP contribution is -2.57. The molecule has 3 heterocycles. The van der Waals surface area contributed by atoms with Crippen molar-refractivity contribution in [2.24, 2.45) is 5.92 Å². The van der Waals surface area contributed by atoms with Gasteiger partial charge in [0.25, 0.3) is 0 Å². The van der Waals surface area contributed by atoms with Gasteiger partial charge in [-0.1, -0.05) is 23.7 Å². The van der Waals surface area contributed by atoms with E-state index in [1.165, 1.54) is 20.3 Å². The van der Waals surface area contributed by atoms with E-state index in [0.29, 0.717) is 34.9 Å². The van der Waals surface area contributed by atoms with E-state index in [1.54, 1.807) is 46.0 Å². The van der Waals surface area contributed by atoms with E-state index in [1.807, 2.05) is 13.0 Å². The van der Waals surface area contributed by atoms with Crippen LogP contribution in [-0.2, 0) is 14.3 Å². The van der Waals surface area contributed by atoms with E-state index in [9.17, 15) is 9.59 Å². The smallest absolute Gasteiger partial charge is 0.303 e. The quantitative estimate of drug-likeness (QED) is 0.443. The van der Waals surface area contributed by atoms with Crippen molar-refractivity contribution in [1.82, 2.24) is 9.47 Å². The number of hydrogen-bond donors (Lipinski definition) is 1. The maximum absolute atomic E-state index is 15.5. The second kappa shape index (κ2) is 10.3. The van der Waals surface area contributed by atoms with Gasteiger partial charge in [0.1, 0.15) is 18.0 Å². The number of carboxylic acids is 1. The highest BCUT2D eigenvalue weighted by molar-refractivity contribution is 6.30. The lowest BCUT2D eigenvalue weighted by atomic mass is 9.86. The lowest BCUT2D eigenvalue weighted by molar-refractivity contribution is -0.152. The summed E-state index contributed by atoms with van der Waals surface area (Å²) >= 11 is 6.31. The number of aliphatic carboxylic acids is 1. The third-order valence-electron chi connectivity index (χ3n) is 7.43. The van der Waals surface area contributed by atoms with Crippen LogP contribution in [-0.4, -0.2) is 53.3 Å². The minimum absolute atomic E-state index is 0.0136. The zero-order chi connectivity index (χ0) is 27.1. The molecule has 0 saturated carbocycles. The first-order valence-corrected chi connectivity index (χ1v) is 12.6. The van der Waals surface area contributed by atoms with Crippen molar-refractivity contribution >= 4 is 23.5 Å². The zero-order valence-electron chi connectivity index (χ0n) is 21.2. The Morgan fingerprint density at radius 3 is 2.61 bits per heavy atom. The molecular weight excluding hydrogens is 515 g/mol. The molecule has 2 aliphatic rings. The number of aromatic nitrogens is 1. The van der Waals surface area contributed by atoms with E-state index in [-0.39, 0.29) is 41.4 Å². The summed E-state index contributed by atoms with van der Waals surface area (Å²) in [6.45, 7) is 2.22. The summed E-state index contributed by atoms with van der Waals surface area (Å²) in [5.74, 6) is -0.765. The van der Waals surface area contributed by atoms with Crippen LogP contribution in [0.15, 0.2) is 48.7 Å². The van der Waals surface area contributed by atoms with Crippen molar-refractivity contribution in [3.63, 3.8) is 0 Å². The van der Waals surface area contributed by atoms with Gasteiger partial charge in [0, 0.05) is 40.9 Å². The Labute approximate surface area is 224 Å². The summed E-state index contributed by atoms with van der Waals surface area (Å²) in [7, 11) is 3.04. The second-order valence-corrected chi connectivity index (χ2v) is 10.0. The standard InChI is InChI=1S/C28H28ClFN2O6/c1-15-16(10-25(34)35)14-32(15)24(33)13-23-21-7-5-9-31(21)26-19(11-17(29)12-20(26)30)27(38-23)18-6-4-8-22(36-2)28(18)37-3/h4-9,11-12,15-16,23,27H,10,13-14H2,1-3H3,(H,34,35)/t15?,16?,23-,27-/m1/s1. The number of benzene rings is 2. The Morgan fingerprint density at radius 2 is 1.92 bits per heavy atom. The summed E-state index contributed by atoms with van der Waals surface area (Å²) in [5.41, 5.74) is 1.96. The molecule has 1 fully saturated rings. The van der Waals surface area contributed by atoms with Gasteiger partial charge in [-0.15, -0.1) is 0 Å². The minimum Gasteiger partial charge on any atom is -0.493 e. The SMILES string of the molecule is COc1cccc([C@H]2O[C@H](CC(=O)N3CC(CC(=O)O)C3C)c3cccn3-c3c(F)cc(Cl)cc32)c1OC. The zero-order valence-corrected chi connectivity index (χ0v) is 21.9. The first-order valence-electron chi connectivity index (χ1n) is 12.3. The molecule has 2 aliphatic heterocycles. The molecule has 1 aromatic heterocycles. The molecular formula is C28H28ClFN2O6. The van der Waals surface area contributed by atoms with E-state index in [2.05, 4.69) is 0 Å². The molecule has 1 N–H and O–H groups in total. The van der Waals surface area contributed by atoms with Crippen molar-refractivity contribution in [1.29, 1.82) is 0 Å². The van der Waals surface area contributed by atoms with Gasteiger partial charge >= 0.3 is 5.97 Å². The van der Waals surface area contributed by atoms with Crippen molar-refractivity contribution in [3.8, 4) is 17.2 Å². The fraction of sp³-hybridized carbons (Fsp3) is 0.357. The van der Waals surface area contributed by atoms with E-state index in [0.717, 1.165) is 0 Å². The minimum atomic E-state index is -0.882. The summed E-state index contributed by atoms with van der Waals surface area (Å²) in [6, 6.07) is 11.6. The summed E-state index contributed by atoms with van der Waals surface area (Å²) in [6.07, 6.45) is 0.150. The van der Waals surface area contributed by atoms with Crippen LogP contribution in [0.4, 0.5) is 4.39 Å². The summed E-state index contributed by atoms with van der Waals surface area (Å²) < 4.78 is 35.0.